The Morgan fingerprint density at radius 3 is 2.83 bits per heavy atom. The first-order valence-electron chi connectivity index (χ1n) is 9.50. The molecule has 1 unspecified atom stereocenters. The Bertz CT molecular complexity index is 992. The van der Waals surface area contributed by atoms with Crippen molar-refractivity contribution in [2.75, 3.05) is 19.7 Å². The highest BCUT2D eigenvalue weighted by atomic mass is 35.5. The molecule has 2 amide bonds. The number of nitrogens with zero attached hydrogens (tertiary/aromatic N) is 1. The number of ether oxygens (including phenoxy) is 1. The molecule has 3 rings (SSSR count). The fourth-order valence-electron chi connectivity index (χ4n) is 3.02. The predicted octanol–water partition coefficient (Wildman–Crippen LogP) is 2.96. The number of thiocarbonyl (C=S) groups is 1. The van der Waals surface area contributed by atoms with E-state index in [4.69, 9.17) is 28.6 Å². The molecule has 2 N–H and O–H groups in total. The Morgan fingerprint density at radius 2 is 2.13 bits per heavy atom. The van der Waals surface area contributed by atoms with Crippen molar-refractivity contribution in [3.8, 4) is 0 Å². The van der Waals surface area contributed by atoms with E-state index in [1.54, 1.807) is 4.90 Å². The minimum Gasteiger partial charge on any atom is -0.465 e. The molecule has 1 atom stereocenters. The molecule has 2 aromatic rings. The Hall–Kier alpha value is -2.23. The Balaban J connectivity index is 1.71. The van der Waals surface area contributed by atoms with Gasteiger partial charge in [-0.05, 0) is 24.2 Å². The number of carbonyl (C=O) groups excluding carboxylic acids is 3. The topological polar surface area (TPSA) is 87.7 Å². The second-order valence-electron chi connectivity index (χ2n) is 7.28. The van der Waals surface area contributed by atoms with E-state index >= 15 is 0 Å². The highest BCUT2D eigenvalue weighted by Crippen LogP contribution is 2.35. The van der Waals surface area contributed by atoms with Crippen molar-refractivity contribution in [2.24, 2.45) is 5.92 Å². The summed E-state index contributed by atoms with van der Waals surface area (Å²) in [6.45, 7) is 4.86. The number of esters is 1. The minimum absolute atomic E-state index is 0.0741. The first kappa shape index (κ1) is 22.5. The molecule has 0 spiro atoms. The number of carbonyl (C=O) groups is 3. The summed E-state index contributed by atoms with van der Waals surface area (Å²) in [5, 5.41) is 6.60. The monoisotopic (exact) mass is 467 g/mol. The van der Waals surface area contributed by atoms with Crippen LogP contribution in [0.5, 0.6) is 0 Å². The lowest BCUT2D eigenvalue weighted by atomic mass is 10.1. The quantitative estimate of drug-likeness (QED) is 0.519. The van der Waals surface area contributed by atoms with E-state index in [9.17, 15) is 14.4 Å². The van der Waals surface area contributed by atoms with Crippen LogP contribution < -0.4 is 10.6 Å². The molecular weight excluding hydrogens is 446 g/mol. The largest absolute Gasteiger partial charge is 0.465 e. The van der Waals surface area contributed by atoms with Gasteiger partial charge in [0.05, 0.1) is 18.1 Å². The fourth-order valence-corrected chi connectivity index (χ4v) is 4.75. The minimum atomic E-state index is -0.843. The van der Waals surface area contributed by atoms with Crippen LogP contribution in [0.2, 0.25) is 5.02 Å². The fraction of sp³-hybridized carbons (Fsp3) is 0.400. The van der Waals surface area contributed by atoms with Crippen molar-refractivity contribution in [3.63, 3.8) is 0 Å². The number of halogens is 1. The van der Waals surface area contributed by atoms with Crippen molar-refractivity contribution in [3.05, 3.63) is 34.2 Å². The Morgan fingerprint density at radius 1 is 1.40 bits per heavy atom. The third-order valence-corrected chi connectivity index (χ3v) is 6.50. The second-order valence-corrected chi connectivity index (χ2v) is 9.10. The molecule has 1 saturated heterocycles. The van der Waals surface area contributed by atoms with E-state index in [0.29, 0.717) is 23.0 Å². The zero-order valence-electron chi connectivity index (χ0n) is 16.6. The number of nitrogens with one attached hydrogen (secondary N) is 2. The first-order chi connectivity index (χ1) is 14.3. The summed E-state index contributed by atoms with van der Waals surface area (Å²) >= 11 is 13.0. The van der Waals surface area contributed by atoms with Gasteiger partial charge in [-0.25, -0.2) is 0 Å². The summed E-state index contributed by atoms with van der Waals surface area (Å²) in [5.41, 5.74) is 0. The molecule has 10 heteroatoms. The van der Waals surface area contributed by atoms with Crippen LogP contribution in [-0.2, 0) is 14.3 Å². The summed E-state index contributed by atoms with van der Waals surface area (Å²) in [6.07, 6.45) is -0.155. The van der Waals surface area contributed by atoms with Crippen molar-refractivity contribution in [1.82, 2.24) is 15.5 Å². The summed E-state index contributed by atoms with van der Waals surface area (Å²) in [6, 6.07) is 6.61. The first-order valence-corrected chi connectivity index (χ1v) is 11.1. The smallest absolute Gasteiger partial charge is 0.308 e. The van der Waals surface area contributed by atoms with Crippen LogP contribution in [0.25, 0.3) is 10.1 Å². The maximum absolute atomic E-state index is 12.8. The number of hydrogen-bond acceptors (Lipinski definition) is 6. The SMILES string of the molecule is CC(C)COC(=O)CC1C(=O)NCCN1C(=S)NC(=O)c1sc2ccccc2c1Cl. The van der Waals surface area contributed by atoms with Gasteiger partial charge in [0.25, 0.3) is 5.91 Å². The van der Waals surface area contributed by atoms with Crippen LogP contribution in [0, 0.1) is 5.92 Å². The summed E-state index contributed by atoms with van der Waals surface area (Å²) in [4.78, 5) is 39.2. The van der Waals surface area contributed by atoms with Gasteiger partial charge < -0.3 is 15.0 Å². The van der Waals surface area contributed by atoms with Crippen molar-refractivity contribution in [2.45, 2.75) is 26.3 Å². The number of benzene rings is 1. The van der Waals surface area contributed by atoms with E-state index in [1.165, 1.54) is 11.3 Å². The molecule has 7 nitrogen and oxygen atoms in total. The lowest BCUT2D eigenvalue weighted by molar-refractivity contribution is -0.148. The number of rotatable bonds is 5. The molecule has 30 heavy (non-hydrogen) atoms. The molecule has 1 aromatic carbocycles. The normalized spacial score (nSPS) is 16.5. The van der Waals surface area contributed by atoms with E-state index in [2.05, 4.69) is 10.6 Å². The maximum atomic E-state index is 12.8. The van der Waals surface area contributed by atoms with Gasteiger partial charge in [0.15, 0.2) is 5.11 Å². The van der Waals surface area contributed by atoms with E-state index in [-0.39, 0.29) is 30.0 Å². The van der Waals surface area contributed by atoms with Gasteiger partial charge in [0, 0.05) is 23.2 Å². The van der Waals surface area contributed by atoms with Gasteiger partial charge in [0.1, 0.15) is 10.9 Å². The molecule has 0 aliphatic carbocycles. The van der Waals surface area contributed by atoms with Crippen LogP contribution in [0.3, 0.4) is 0 Å². The van der Waals surface area contributed by atoms with Crippen molar-refractivity contribution < 1.29 is 19.1 Å². The van der Waals surface area contributed by atoms with Crippen LogP contribution >= 0.6 is 35.2 Å². The summed E-state index contributed by atoms with van der Waals surface area (Å²) in [5.74, 6) is -1.08. The average molecular weight is 468 g/mol. The molecule has 0 radical (unpaired) electrons. The Labute approximate surface area is 188 Å². The molecule has 1 aromatic heterocycles. The summed E-state index contributed by atoms with van der Waals surface area (Å²) in [7, 11) is 0. The lowest BCUT2D eigenvalue weighted by Gasteiger charge is -2.36. The number of piperazine rings is 1. The highest BCUT2D eigenvalue weighted by molar-refractivity contribution is 7.80. The van der Waals surface area contributed by atoms with Crippen molar-refractivity contribution >= 4 is 68.1 Å². The predicted molar refractivity (Wildman–Crippen MR) is 121 cm³/mol. The van der Waals surface area contributed by atoms with Gasteiger partial charge >= 0.3 is 5.97 Å². The number of amides is 2. The van der Waals surface area contributed by atoms with Gasteiger partial charge in [-0.1, -0.05) is 43.6 Å². The maximum Gasteiger partial charge on any atom is 0.308 e. The molecule has 1 aliphatic rings. The van der Waals surface area contributed by atoms with E-state index in [1.807, 2.05) is 38.1 Å². The molecule has 0 bridgehead atoms. The second kappa shape index (κ2) is 9.72. The average Bonchev–Trinajstić information content (AvgIpc) is 3.05. The number of thiophene rings is 1. The molecule has 1 fully saturated rings. The van der Waals surface area contributed by atoms with Crippen LogP contribution in [0.4, 0.5) is 0 Å². The van der Waals surface area contributed by atoms with Crippen LogP contribution in [-0.4, -0.2) is 53.5 Å². The van der Waals surface area contributed by atoms with E-state index < -0.39 is 17.9 Å². The zero-order chi connectivity index (χ0) is 21.8. The molecule has 0 saturated carbocycles. The van der Waals surface area contributed by atoms with Gasteiger partial charge in [-0.2, -0.15) is 0 Å². The van der Waals surface area contributed by atoms with Crippen LogP contribution in [0.1, 0.15) is 29.9 Å². The lowest BCUT2D eigenvalue weighted by Crippen LogP contribution is -2.60. The van der Waals surface area contributed by atoms with E-state index in [0.717, 1.165) is 10.1 Å². The van der Waals surface area contributed by atoms with Crippen LogP contribution in [0.15, 0.2) is 24.3 Å². The molecule has 160 valence electrons. The number of hydrogen-bond donors (Lipinski definition) is 2. The van der Waals surface area contributed by atoms with Crippen molar-refractivity contribution in [1.29, 1.82) is 0 Å². The Kier molecular flexibility index (Phi) is 7.27. The van der Waals surface area contributed by atoms with Gasteiger partial charge in [-0.15, -0.1) is 11.3 Å². The molecule has 1 aliphatic heterocycles. The zero-order valence-corrected chi connectivity index (χ0v) is 19.0. The third kappa shape index (κ3) is 5.08. The highest BCUT2D eigenvalue weighted by Gasteiger charge is 2.34. The molecule has 2 heterocycles. The number of fused-ring (bicyclic) bond motifs is 1. The van der Waals surface area contributed by atoms with Gasteiger partial charge in [0.2, 0.25) is 5.91 Å². The summed E-state index contributed by atoms with van der Waals surface area (Å²) < 4.78 is 6.08. The molecular formula is C20H22ClN3O4S2. The van der Waals surface area contributed by atoms with Gasteiger partial charge in [-0.3, -0.25) is 19.7 Å². The third-order valence-electron chi connectivity index (χ3n) is 4.49. The standard InChI is InChI=1S/C20H22ClN3O4S2/c1-11(2)10-28-15(25)9-13-18(26)22-7-8-24(13)20(29)23-19(27)17-16(21)12-5-3-4-6-14(12)30-17/h3-6,11,13H,7-10H2,1-2H3,(H,22,26)(H,23,27,29).